The highest BCUT2D eigenvalue weighted by Crippen LogP contribution is 2.29. The van der Waals surface area contributed by atoms with Gasteiger partial charge in [-0.25, -0.2) is 4.39 Å². The van der Waals surface area contributed by atoms with Crippen molar-refractivity contribution < 1.29 is 22.3 Å². The number of halogens is 4. The number of nitrogens with two attached hydrogens (primary N) is 1. The molecule has 7 heteroatoms. The van der Waals surface area contributed by atoms with Crippen LogP contribution in [-0.2, 0) is 0 Å². The van der Waals surface area contributed by atoms with Gasteiger partial charge in [-0.3, -0.25) is 0 Å². The Hall–Kier alpha value is -1.11. The van der Waals surface area contributed by atoms with E-state index in [4.69, 9.17) is 5.73 Å². The van der Waals surface area contributed by atoms with Crippen LogP contribution < -0.4 is 10.5 Å². The number of hydrogen-bond acceptors (Lipinski definition) is 3. The van der Waals surface area contributed by atoms with Gasteiger partial charge >= 0.3 is 6.36 Å². The standard InChI is InChI=1S/C7H5F4NOS/c8-6-4(12)1-3(2-5(6)14)13-7(9,10)11/h1-2,14H,12H2. The van der Waals surface area contributed by atoms with E-state index in [1.807, 2.05) is 0 Å². The molecular weight excluding hydrogens is 222 g/mol. The summed E-state index contributed by atoms with van der Waals surface area (Å²) in [5.74, 6) is -1.47. The zero-order valence-electron chi connectivity index (χ0n) is 6.60. The van der Waals surface area contributed by atoms with Crippen molar-refractivity contribution in [3.05, 3.63) is 17.9 Å². The smallest absolute Gasteiger partial charge is 0.406 e. The molecule has 78 valence electrons. The van der Waals surface area contributed by atoms with Crippen molar-refractivity contribution in [3.8, 4) is 5.75 Å². The lowest BCUT2D eigenvalue weighted by Crippen LogP contribution is -2.17. The van der Waals surface area contributed by atoms with Crippen molar-refractivity contribution in [1.29, 1.82) is 0 Å². The van der Waals surface area contributed by atoms with E-state index in [0.29, 0.717) is 0 Å². The number of benzene rings is 1. The van der Waals surface area contributed by atoms with E-state index < -0.39 is 23.6 Å². The second-order valence-electron chi connectivity index (χ2n) is 2.39. The van der Waals surface area contributed by atoms with E-state index in [2.05, 4.69) is 17.4 Å². The molecule has 2 N–H and O–H groups in total. The van der Waals surface area contributed by atoms with Gasteiger partial charge in [-0.05, 0) is 6.07 Å². The Bertz CT molecular complexity index is 329. The zero-order chi connectivity index (χ0) is 10.9. The maximum atomic E-state index is 12.8. The molecule has 0 unspecified atom stereocenters. The summed E-state index contributed by atoms with van der Waals surface area (Å²) in [7, 11) is 0. The number of ether oxygens (including phenoxy) is 1. The Labute approximate surface area is 82.1 Å². The second kappa shape index (κ2) is 3.56. The van der Waals surface area contributed by atoms with E-state index in [9.17, 15) is 17.6 Å². The average Bonchev–Trinajstić information content (AvgIpc) is 1.96. The number of rotatable bonds is 1. The minimum absolute atomic E-state index is 0.302. The number of alkyl halides is 3. The van der Waals surface area contributed by atoms with E-state index >= 15 is 0 Å². The fourth-order valence-electron chi connectivity index (χ4n) is 0.797. The van der Waals surface area contributed by atoms with Gasteiger partial charge in [0.1, 0.15) is 5.75 Å². The molecule has 0 saturated carbocycles. The molecule has 0 amide bonds. The van der Waals surface area contributed by atoms with Gasteiger partial charge in [-0.15, -0.1) is 25.8 Å². The minimum atomic E-state index is -4.83. The highest BCUT2D eigenvalue weighted by molar-refractivity contribution is 7.80. The van der Waals surface area contributed by atoms with Gasteiger partial charge in [0.25, 0.3) is 0 Å². The van der Waals surface area contributed by atoms with Crippen molar-refractivity contribution in [1.82, 2.24) is 0 Å². The first-order chi connectivity index (χ1) is 6.29. The Kier molecular flexibility index (Phi) is 2.79. The van der Waals surface area contributed by atoms with Crippen LogP contribution in [0.5, 0.6) is 5.75 Å². The van der Waals surface area contributed by atoms with Gasteiger partial charge in [-0.1, -0.05) is 0 Å². The van der Waals surface area contributed by atoms with Crippen LogP contribution in [0.15, 0.2) is 17.0 Å². The summed E-state index contributed by atoms with van der Waals surface area (Å²) < 4.78 is 51.5. The molecule has 0 radical (unpaired) electrons. The first-order valence-electron chi connectivity index (χ1n) is 3.33. The molecule has 0 bridgehead atoms. The van der Waals surface area contributed by atoms with Crippen LogP contribution in [0.25, 0.3) is 0 Å². The quantitative estimate of drug-likeness (QED) is 0.439. The summed E-state index contributed by atoms with van der Waals surface area (Å²) in [5.41, 5.74) is 4.62. The molecule has 0 saturated heterocycles. The first kappa shape index (κ1) is 11.0. The normalized spacial score (nSPS) is 11.5. The highest BCUT2D eigenvalue weighted by atomic mass is 32.1. The Balaban J connectivity index is 3.02. The molecule has 0 aliphatic heterocycles. The molecule has 1 aromatic rings. The maximum absolute atomic E-state index is 12.8. The Morgan fingerprint density at radius 2 is 1.86 bits per heavy atom. The van der Waals surface area contributed by atoms with Crippen LogP contribution in [0.1, 0.15) is 0 Å². The third kappa shape index (κ3) is 2.69. The monoisotopic (exact) mass is 227 g/mol. The lowest BCUT2D eigenvalue weighted by molar-refractivity contribution is -0.274. The fourth-order valence-corrected chi connectivity index (χ4v) is 1.05. The van der Waals surface area contributed by atoms with Crippen molar-refractivity contribution in [2.75, 3.05) is 5.73 Å². The zero-order valence-corrected chi connectivity index (χ0v) is 7.49. The summed E-state index contributed by atoms with van der Waals surface area (Å²) in [6, 6.07) is 1.53. The third-order valence-corrected chi connectivity index (χ3v) is 1.61. The summed E-state index contributed by atoms with van der Waals surface area (Å²) in [6.45, 7) is 0. The molecule has 0 aromatic heterocycles. The number of hydrogen-bond donors (Lipinski definition) is 2. The molecule has 0 aliphatic carbocycles. The van der Waals surface area contributed by atoms with Gasteiger partial charge in [0.15, 0.2) is 5.82 Å². The summed E-state index contributed by atoms with van der Waals surface area (Å²) in [4.78, 5) is -0.302. The van der Waals surface area contributed by atoms with Crippen LogP contribution in [0.4, 0.5) is 23.2 Å². The molecule has 0 fully saturated rings. The van der Waals surface area contributed by atoms with Crippen LogP contribution in [0.3, 0.4) is 0 Å². The number of thiol groups is 1. The molecule has 0 heterocycles. The molecule has 0 spiro atoms. The molecular formula is C7H5F4NOS. The predicted octanol–water partition coefficient (Wildman–Crippen LogP) is 2.60. The van der Waals surface area contributed by atoms with Crippen LogP contribution in [0, 0.1) is 5.82 Å². The molecule has 14 heavy (non-hydrogen) atoms. The number of anilines is 1. The first-order valence-corrected chi connectivity index (χ1v) is 3.78. The molecule has 0 aliphatic rings. The fraction of sp³-hybridized carbons (Fsp3) is 0.143. The minimum Gasteiger partial charge on any atom is -0.406 e. The molecule has 2 nitrogen and oxygen atoms in total. The lowest BCUT2D eigenvalue weighted by Gasteiger charge is -2.10. The molecule has 0 atom stereocenters. The summed E-state index contributed by atoms with van der Waals surface area (Å²) >= 11 is 3.58. The number of nitrogen functional groups attached to an aromatic ring is 1. The van der Waals surface area contributed by atoms with E-state index in [1.165, 1.54) is 0 Å². The summed E-state index contributed by atoms with van der Waals surface area (Å²) in [5, 5.41) is 0. The topological polar surface area (TPSA) is 35.2 Å². The Morgan fingerprint density at radius 1 is 1.29 bits per heavy atom. The van der Waals surface area contributed by atoms with Gasteiger partial charge in [0, 0.05) is 11.0 Å². The molecule has 1 rings (SSSR count). The van der Waals surface area contributed by atoms with Crippen molar-refractivity contribution in [2.24, 2.45) is 0 Å². The van der Waals surface area contributed by atoms with Gasteiger partial charge in [-0.2, -0.15) is 0 Å². The second-order valence-corrected chi connectivity index (χ2v) is 2.88. The SMILES string of the molecule is Nc1cc(OC(F)(F)F)cc(S)c1F. The van der Waals surface area contributed by atoms with Crippen LogP contribution >= 0.6 is 12.6 Å². The summed E-state index contributed by atoms with van der Waals surface area (Å²) in [6.07, 6.45) is -4.83. The van der Waals surface area contributed by atoms with Crippen molar-refractivity contribution in [3.63, 3.8) is 0 Å². The maximum Gasteiger partial charge on any atom is 0.573 e. The Morgan fingerprint density at radius 3 is 2.29 bits per heavy atom. The third-order valence-electron chi connectivity index (χ3n) is 1.29. The highest BCUT2D eigenvalue weighted by Gasteiger charge is 2.31. The predicted molar refractivity (Wildman–Crippen MR) is 44.7 cm³/mol. The van der Waals surface area contributed by atoms with Crippen molar-refractivity contribution >= 4 is 18.3 Å². The van der Waals surface area contributed by atoms with Crippen LogP contribution in [0.2, 0.25) is 0 Å². The van der Waals surface area contributed by atoms with E-state index in [0.717, 1.165) is 12.1 Å². The largest absolute Gasteiger partial charge is 0.573 e. The lowest BCUT2D eigenvalue weighted by atomic mass is 10.3. The molecule has 1 aromatic carbocycles. The van der Waals surface area contributed by atoms with E-state index in [1.54, 1.807) is 0 Å². The van der Waals surface area contributed by atoms with Gasteiger partial charge in [0.2, 0.25) is 0 Å². The van der Waals surface area contributed by atoms with E-state index in [-0.39, 0.29) is 4.90 Å². The van der Waals surface area contributed by atoms with Gasteiger partial charge in [0.05, 0.1) is 5.69 Å². The van der Waals surface area contributed by atoms with Gasteiger partial charge < -0.3 is 10.5 Å². The van der Waals surface area contributed by atoms with Crippen molar-refractivity contribution in [2.45, 2.75) is 11.3 Å². The van der Waals surface area contributed by atoms with Crippen LogP contribution in [-0.4, -0.2) is 6.36 Å². The average molecular weight is 227 g/mol.